The molecule has 4 heteroatoms. The summed E-state index contributed by atoms with van der Waals surface area (Å²) >= 11 is 0. The number of nitrogens with zero attached hydrogens (tertiary/aromatic N) is 4. The molecule has 0 bridgehead atoms. The van der Waals surface area contributed by atoms with Crippen LogP contribution in [0.3, 0.4) is 0 Å². The van der Waals surface area contributed by atoms with Gasteiger partial charge in [-0.25, -0.2) is 0 Å². The van der Waals surface area contributed by atoms with Crippen LogP contribution in [0.2, 0.25) is 0 Å². The average molecular weight is 153 g/mol. The number of unbranched alkanes of at least 4 members (excludes halogenated alkanes) is 3. The molecule has 0 N–H and O–H groups in total. The molecule has 1 heterocycles. The molecule has 1 radical (unpaired) electrons. The second-order valence-electron chi connectivity index (χ2n) is 2.61. The Labute approximate surface area is 66.8 Å². The zero-order valence-electron chi connectivity index (χ0n) is 6.82. The molecule has 1 aliphatic rings. The smallest absolute Gasteiger partial charge is 0.111 e. The Morgan fingerprint density at radius 2 is 2.09 bits per heavy atom. The molecule has 4 nitrogen and oxygen atoms in total. The lowest BCUT2D eigenvalue weighted by atomic mass is 10.1. The Bertz CT molecular complexity index is 162. The Morgan fingerprint density at radius 3 is 2.73 bits per heavy atom. The van der Waals surface area contributed by atoms with E-state index in [1.165, 1.54) is 19.3 Å². The molecule has 1 rings (SSSR count). The summed E-state index contributed by atoms with van der Waals surface area (Å²) in [4.78, 5) is 0. The van der Waals surface area contributed by atoms with Gasteiger partial charge in [-0.3, -0.25) is 0 Å². The van der Waals surface area contributed by atoms with Crippen LogP contribution in [0.5, 0.6) is 0 Å². The van der Waals surface area contributed by atoms with Crippen molar-refractivity contribution in [1.82, 2.24) is 5.53 Å². The highest BCUT2D eigenvalue weighted by Gasteiger charge is 2.02. The molecule has 0 aliphatic carbocycles. The van der Waals surface area contributed by atoms with Crippen LogP contribution in [-0.2, 0) is 0 Å². The van der Waals surface area contributed by atoms with Gasteiger partial charge < -0.3 is 0 Å². The van der Waals surface area contributed by atoms with Crippen LogP contribution in [0.25, 0.3) is 0 Å². The van der Waals surface area contributed by atoms with Gasteiger partial charge >= 0.3 is 0 Å². The van der Waals surface area contributed by atoms with E-state index in [2.05, 4.69) is 27.9 Å². The predicted octanol–water partition coefficient (Wildman–Crippen LogP) is 2.26. The van der Waals surface area contributed by atoms with Gasteiger partial charge in [0.25, 0.3) is 0 Å². The van der Waals surface area contributed by atoms with Crippen molar-refractivity contribution in [2.75, 3.05) is 0 Å². The molecule has 0 saturated heterocycles. The molecule has 0 saturated carbocycles. The summed E-state index contributed by atoms with van der Waals surface area (Å²) in [5.41, 5.74) is 3.41. The minimum atomic E-state index is 0.779. The lowest BCUT2D eigenvalue weighted by molar-refractivity contribution is 0.681. The third kappa shape index (κ3) is 3.11. The van der Waals surface area contributed by atoms with Crippen LogP contribution in [0, 0.1) is 0 Å². The lowest BCUT2D eigenvalue weighted by Crippen LogP contribution is -1.90. The van der Waals surface area contributed by atoms with E-state index in [9.17, 15) is 0 Å². The monoisotopic (exact) mass is 153 g/mol. The maximum absolute atomic E-state index is 3.74. The molecule has 0 spiro atoms. The van der Waals surface area contributed by atoms with Crippen molar-refractivity contribution in [1.29, 1.82) is 0 Å². The van der Waals surface area contributed by atoms with Crippen molar-refractivity contribution < 1.29 is 0 Å². The van der Waals surface area contributed by atoms with Crippen molar-refractivity contribution in [3.05, 3.63) is 0 Å². The van der Waals surface area contributed by atoms with Crippen LogP contribution >= 0.6 is 0 Å². The van der Waals surface area contributed by atoms with Crippen LogP contribution in [0.4, 0.5) is 0 Å². The molecule has 0 amide bonds. The zero-order valence-corrected chi connectivity index (χ0v) is 6.82. The third-order valence-electron chi connectivity index (χ3n) is 1.61. The van der Waals surface area contributed by atoms with E-state index < -0.39 is 0 Å². The molecule has 0 unspecified atom stereocenters. The number of hydrogen-bond acceptors (Lipinski definition) is 3. The van der Waals surface area contributed by atoms with Crippen molar-refractivity contribution in [2.45, 2.75) is 39.0 Å². The first kappa shape index (κ1) is 8.17. The third-order valence-corrected chi connectivity index (χ3v) is 1.61. The maximum atomic E-state index is 3.74. The minimum absolute atomic E-state index is 0.779. The quantitative estimate of drug-likeness (QED) is 0.544. The molecule has 0 atom stereocenters. The van der Waals surface area contributed by atoms with Crippen LogP contribution in [0.1, 0.15) is 39.0 Å². The first-order valence-electron chi connectivity index (χ1n) is 4.11. The van der Waals surface area contributed by atoms with Crippen molar-refractivity contribution in [3.63, 3.8) is 0 Å². The molecule has 0 fully saturated rings. The van der Waals surface area contributed by atoms with E-state index in [0.717, 1.165) is 18.7 Å². The first-order chi connectivity index (χ1) is 5.43. The second-order valence-corrected chi connectivity index (χ2v) is 2.61. The Morgan fingerprint density at radius 1 is 1.18 bits per heavy atom. The first-order valence-corrected chi connectivity index (χ1v) is 4.11. The van der Waals surface area contributed by atoms with Gasteiger partial charge in [-0.05, 0) is 17.2 Å². The topological polar surface area (TPSA) is 51.2 Å². The predicted molar refractivity (Wildman–Crippen MR) is 43.2 cm³/mol. The van der Waals surface area contributed by atoms with Crippen LogP contribution in [0.15, 0.2) is 15.4 Å². The Kier molecular flexibility index (Phi) is 3.58. The largest absolute Gasteiger partial charge is 0.177 e. The molecular weight excluding hydrogens is 140 g/mol. The fourth-order valence-corrected chi connectivity index (χ4v) is 0.973. The SMILES string of the molecule is CCCCCCC1=N[N]N=N1. The number of amidine groups is 1. The van der Waals surface area contributed by atoms with Crippen molar-refractivity contribution in [3.8, 4) is 0 Å². The van der Waals surface area contributed by atoms with E-state index in [1.807, 2.05) is 0 Å². The summed E-state index contributed by atoms with van der Waals surface area (Å²) < 4.78 is 0. The highest BCUT2D eigenvalue weighted by molar-refractivity contribution is 5.82. The van der Waals surface area contributed by atoms with Gasteiger partial charge in [0.15, 0.2) is 5.84 Å². The van der Waals surface area contributed by atoms with Gasteiger partial charge in [-0.2, -0.15) is 0 Å². The van der Waals surface area contributed by atoms with Gasteiger partial charge in [0.05, 0.1) is 0 Å². The van der Waals surface area contributed by atoms with Crippen molar-refractivity contribution in [2.24, 2.45) is 15.4 Å². The summed E-state index contributed by atoms with van der Waals surface area (Å²) in [7, 11) is 0. The summed E-state index contributed by atoms with van der Waals surface area (Å²) in [6.07, 6.45) is 5.89. The maximum Gasteiger partial charge on any atom is 0.177 e. The zero-order chi connectivity index (χ0) is 7.94. The highest BCUT2D eigenvalue weighted by Crippen LogP contribution is 2.06. The summed E-state index contributed by atoms with van der Waals surface area (Å²) in [6.45, 7) is 2.20. The normalized spacial score (nSPS) is 14.8. The second kappa shape index (κ2) is 4.82. The van der Waals surface area contributed by atoms with E-state index in [4.69, 9.17) is 0 Å². The van der Waals surface area contributed by atoms with Gasteiger partial charge in [-0.1, -0.05) is 26.2 Å². The number of rotatable bonds is 5. The average Bonchev–Trinajstić information content (AvgIpc) is 2.50. The molecule has 11 heavy (non-hydrogen) atoms. The highest BCUT2D eigenvalue weighted by atomic mass is 15.6. The Hall–Kier alpha value is -0.930. The lowest BCUT2D eigenvalue weighted by Gasteiger charge is -1.94. The standard InChI is InChI=1S/C7H13N4/c1-2-3-4-5-6-7-8-10-11-9-7/h2-6H2,1H3. The van der Waals surface area contributed by atoms with Gasteiger partial charge in [0, 0.05) is 6.42 Å². The van der Waals surface area contributed by atoms with Gasteiger partial charge in [-0.15, -0.1) is 10.2 Å². The molecule has 0 aromatic rings. The minimum Gasteiger partial charge on any atom is -0.111 e. The molecular formula is C7H13N4. The van der Waals surface area contributed by atoms with E-state index in [-0.39, 0.29) is 0 Å². The van der Waals surface area contributed by atoms with Crippen molar-refractivity contribution >= 4 is 5.84 Å². The summed E-state index contributed by atoms with van der Waals surface area (Å²) in [6, 6.07) is 0. The molecule has 61 valence electrons. The fourth-order valence-electron chi connectivity index (χ4n) is 0.973. The van der Waals surface area contributed by atoms with Gasteiger partial charge in [0.1, 0.15) is 0 Å². The van der Waals surface area contributed by atoms with Crippen LogP contribution < -0.4 is 5.53 Å². The molecule has 0 aromatic heterocycles. The van der Waals surface area contributed by atoms with Gasteiger partial charge in [0.2, 0.25) is 0 Å². The Balaban J connectivity index is 1.99. The van der Waals surface area contributed by atoms with E-state index in [1.54, 1.807) is 0 Å². The van der Waals surface area contributed by atoms with Crippen LogP contribution in [-0.4, -0.2) is 5.84 Å². The molecule has 0 aromatic carbocycles. The fraction of sp³-hybridized carbons (Fsp3) is 0.857. The van der Waals surface area contributed by atoms with E-state index in [0.29, 0.717) is 0 Å². The number of hydrogen-bond donors (Lipinski definition) is 0. The summed E-state index contributed by atoms with van der Waals surface area (Å²) in [5.74, 6) is 0.779. The molecule has 1 aliphatic heterocycles. The summed E-state index contributed by atoms with van der Waals surface area (Å²) in [5, 5.41) is 10.9. The van der Waals surface area contributed by atoms with E-state index >= 15 is 0 Å².